The minimum Gasteiger partial charge on any atom is -0.356 e. The van der Waals surface area contributed by atoms with Crippen molar-refractivity contribution >= 4 is 30.7 Å². The van der Waals surface area contributed by atoms with Crippen LogP contribution in [-0.4, -0.2) is 43.5 Å². The molecule has 0 aromatic carbocycles. The second-order valence-electron chi connectivity index (χ2n) is 8.71. The molecule has 0 aromatic rings. The summed E-state index contributed by atoms with van der Waals surface area (Å²) in [5.41, 5.74) is 6.09. The second-order valence-corrected chi connectivity index (χ2v) is 8.71. The highest BCUT2D eigenvalue weighted by Crippen LogP contribution is 2.38. The van der Waals surface area contributed by atoms with Crippen LogP contribution >= 0.6 is 24.8 Å². The van der Waals surface area contributed by atoms with Crippen LogP contribution < -0.4 is 11.1 Å². The fourth-order valence-electron chi connectivity index (χ4n) is 4.27. The molecule has 2 aliphatic rings. The van der Waals surface area contributed by atoms with Gasteiger partial charge >= 0.3 is 0 Å². The molecule has 1 saturated carbocycles. The van der Waals surface area contributed by atoms with Gasteiger partial charge in [0.25, 0.3) is 0 Å². The first kappa shape index (κ1) is 26.0. The largest absolute Gasteiger partial charge is 0.356 e. The average Bonchev–Trinajstić information content (AvgIpc) is 2.60. The molecule has 0 spiro atoms. The smallest absolute Gasteiger partial charge is 0.220 e. The Kier molecular flexibility index (Phi) is 13.2. The third-order valence-corrected chi connectivity index (χ3v) is 6.20. The van der Waals surface area contributed by atoms with Crippen molar-refractivity contribution in [1.29, 1.82) is 0 Å². The van der Waals surface area contributed by atoms with Crippen LogP contribution in [0.3, 0.4) is 0 Å². The van der Waals surface area contributed by atoms with Gasteiger partial charge in [-0.1, -0.05) is 33.1 Å². The number of rotatable bonds is 8. The molecular weight excluding hydrogens is 369 g/mol. The van der Waals surface area contributed by atoms with Gasteiger partial charge in [-0.2, -0.15) is 0 Å². The Morgan fingerprint density at radius 1 is 1.15 bits per heavy atom. The lowest BCUT2D eigenvalue weighted by molar-refractivity contribution is -0.124. The molecule has 0 aromatic heterocycles. The molecule has 0 radical (unpaired) electrons. The van der Waals surface area contributed by atoms with Gasteiger partial charge in [-0.15, -0.1) is 24.8 Å². The quantitative estimate of drug-likeness (QED) is 0.636. The SMILES string of the molecule is CC(C)CCN1CCC(CNC(=O)CC2(CN)CCCCC2)CC1.Cl.Cl. The van der Waals surface area contributed by atoms with Gasteiger partial charge in [-0.25, -0.2) is 0 Å². The van der Waals surface area contributed by atoms with Crippen LogP contribution in [-0.2, 0) is 4.79 Å². The van der Waals surface area contributed by atoms with Gasteiger partial charge in [0, 0.05) is 13.0 Å². The second kappa shape index (κ2) is 13.2. The Balaban J connectivity index is 0.00000312. The first-order chi connectivity index (χ1) is 11.5. The van der Waals surface area contributed by atoms with Crippen LogP contribution in [0.25, 0.3) is 0 Å². The number of nitrogens with one attached hydrogen (secondary N) is 1. The zero-order chi connectivity index (χ0) is 17.4. The van der Waals surface area contributed by atoms with Gasteiger partial charge < -0.3 is 16.0 Å². The van der Waals surface area contributed by atoms with E-state index in [2.05, 4.69) is 24.1 Å². The Morgan fingerprint density at radius 3 is 2.31 bits per heavy atom. The summed E-state index contributed by atoms with van der Waals surface area (Å²) in [7, 11) is 0. The van der Waals surface area contributed by atoms with Gasteiger partial charge in [0.15, 0.2) is 0 Å². The van der Waals surface area contributed by atoms with E-state index in [1.165, 1.54) is 58.2 Å². The molecular formula is C20H41Cl2N3O. The average molecular weight is 410 g/mol. The lowest BCUT2D eigenvalue weighted by Crippen LogP contribution is -2.42. The highest BCUT2D eigenvalue weighted by atomic mass is 35.5. The molecule has 0 unspecified atom stereocenters. The third kappa shape index (κ3) is 8.77. The fraction of sp³-hybridized carbons (Fsp3) is 0.950. The van der Waals surface area contributed by atoms with E-state index < -0.39 is 0 Å². The summed E-state index contributed by atoms with van der Waals surface area (Å²) in [4.78, 5) is 15.0. The predicted molar refractivity (Wildman–Crippen MR) is 115 cm³/mol. The molecule has 6 heteroatoms. The summed E-state index contributed by atoms with van der Waals surface area (Å²) >= 11 is 0. The van der Waals surface area contributed by atoms with E-state index in [0.717, 1.165) is 25.3 Å². The molecule has 0 atom stereocenters. The maximum absolute atomic E-state index is 12.4. The minimum absolute atomic E-state index is 0. The van der Waals surface area contributed by atoms with Gasteiger partial charge in [0.1, 0.15) is 0 Å². The first-order valence-electron chi connectivity index (χ1n) is 10.2. The number of carbonyl (C=O) groups excluding carboxylic acids is 1. The number of amides is 1. The van der Waals surface area contributed by atoms with Gasteiger partial charge in [0.2, 0.25) is 5.91 Å². The monoisotopic (exact) mass is 409 g/mol. The van der Waals surface area contributed by atoms with E-state index >= 15 is 0 Å². The number of carbonyl (C=O) groups is 1. The van der Waals surface area contributed by atoms with Crippen molar-refractivity contribution in [1.82, 2.24) is 10.2 Å². The molecule has 2 fully saturated rings. The topological polar surface area (TPSA) is 58.4 Å². The Labute approximate surface area is 173 Å². The van der Waals surface area contributed by atoms with Crippen LogP contribution in [0.15, 0.2) is 0 Å². The van der Waals surface area contributed by atoms with Crippen LogP contribution in [0.2, 0.25) is 0 Å². The predicted octanol–water partition coefficient (Wildman–Crippen LogP) is 4.00. The van der Waals surface area contributed by atoms with Crippen molar-refractivity contribution < 1.29 is 4.79 Å². The number of nitrogens with zero attached hydrogens (tertiary/aromatic N) is 1. The first-order valence-corrected chi connectivity index (χ1v) is 10.2. The lowest BCUT2D eigenvalue weighted by Gasteiger charge is -2.36. The van der Waals surface area contributed by atoms with E-state index in [1.54, 1.807) is 0 Å². The molecule has 1 saturated heterocycles. The summed E-state index contributed by atoms with van der Waals surface area (Å²) in [6.07, 6.45) is 10.4. The van der Waals surface area contributed by atoms with Crippen LogP contribution in [0.5, 0.6) is 0 Å². The maximum atomic E-state index is 12.4. The maximum Gasteiger partial charge on any atom is 0.220 e. The molecule has 1 amide bonds. The van der Waals surface area contributed by atoms with E-state index in [1.807, 2.05) is 0 Å². The number of hydrogen-bond donors (Lipinski definition) is 2. The van der Waals surface area contributed by atoms with Crippen LogP contribution in [0, 0.1) is 17.3 Å². The summed E-state index contributed by atoms with van der Waals surface area (Å²) in [5.74, 6) is 1.67. The molecule has 4 nitrogen and oxygen atoms in total. The minimum atomic E-state index is 0. The number of nitrogens with two attached hydrogens (primary N) is 1. The molecule has 1 heterocycles. The standard InChI is InChI=1S/C20H39N3O.2ClH/c1-17(2)6-11-23-12-7-18(8-13-23)15-22-19(24)14-20(16-21)9-4-3-5-10-20;;/h17-18H,3-16,21H2,1-2H3,(H,22,24);2*1H. The van der Waals surface area contributed by atoms with E-state index in [0.29, 0.717) is 18.9 Å². The highest BCUT2D eigenvalue weighted by molar-refractivity contribution is 5.85. The van der Waals surface area contributed by atoms with Gasteiger partial charge in [0.05, 0.1) is 0 Å². The Bertz CT molecular complexity index is 379. The van der Waals surface area contributed by atoms with Crippen molar-refractivity contribution in [2.75, 3.05) is 32.7 Å². The zero-order valence-corrected chi connectivity index (χ0v) is 18.4. The number of likely N-dealkylation sites (tertiary alicyclic amines) is 1. The molecule has 1 aliphatic heterocycles. The van der Waals surface area contributed by atoms with Crippen molar-refractivity contribution in [3.8, 4) is 0 Å². The van der Waals surface area contributed by atoms with Crippen molar-refractivity contribution in [2.45, 2.75) is 71.6 Å². The van der Waals surface area contributed by atoms with Crippen LogP contribution in [0.1, 0.15) is 71.6 Å². The van der Waals surface area contributed by atoms with Crippen molar-refractivity contribution in [3.05, 3.63) is 0 Å². The van der Waals surface area contributed by atoms with Crippen molar-refractivity contribution in [2.24, 2.45) is 23.0 Å². The van der Waals surface area contributed by atoms with E-state index in [9.17, 15) is 4.79 Å². The van der Waals surface area contributed by atoms with Crippen LogP contribution in [0.4, 0.5) is 0 Å². The normalized spacial score (nSPS) is 20.9. The Morgan fingerprint density at radius 2 is 1.77 bits per heavy atom. The number of piperidine rings is 1. The molecule has 1 aliphatic carbocycles. The number of hydrogen-bond acceptors (Lipinski definition) is 3. The fourth-order valence-corrected chi connectivity index (χ4v) is 4.27. The summed E-state index contributed by atoms with van der Waals surface area (Å²) < 4.78 is 0. The highest BCUT2D eigenvalue weighted by Gasteiger charge is 2.33. The van der Waals surface area contributed by atoms with Gasteiger partial charge in [-0.05, 0) is 75.5 Å². The molecule has 26 heavy (non-hydrogen) atoms. The summed E-state index contributed by atoms with van der Waals surface area (Å²) in [6.45, 7) is 9.73. The zero-order valence-electron chi connectivity index (χ0n) is 16.8. The van der Waals surface area contributed by atoms with E-state index in [4.69, 9.17) is 5.73 Å². The molecule has 3 N–H and O–H groups in total. The lowest BCUT2D eigenvalue weighted by atomic mass is 9.71. The molecule has 156 valence electrons. The molecule has 0 bridgehead atoms. The number of halogens is 2. The molecule has 2 rings (SSSR count). The van der Waals surface area contributed by atoms with Crippen molar-refractivity contribution in [3.63, 3.8) is 0 Å². The summed E-state index contributed by atoms with van der Waals surface area (Å²) in [6, 6.07) is 0. The third-order valence-electron chi connectivity index (χ3n) is 6.20. The van der Waals surface area contributed by atoms with E-state index in [-0.39, 0.29) is 36.1 Å². The Hall–Kier alpha value is -0.0300. The summed E-state index contributed by atoms with van der Waals surface area (Å²) in [5, 5.41) is 3.21. The van der Waals surface area contributed by atoms with Gasteiger partial charge in [-0.3, -0.25) is 4.79 Å².